The molecule has 0 aromatic heterocycles. The first-order valence-electron chi connectivity index (χ1n) is 8.75. The van der Waals surface area contributed by atoms with Crippen molar-refractivity contribution < 1.29 is 0 Å². The number of anilines is 1. The summed E-state index contributed by atoms with van der Waals surface area (Å²) in [5.41, 5.74) is 3.90. The van der Waals surface area contributed by atoms with Gasteiger partial charge >= 0.3 is 0 Å². The van der Waals surface area contributed by atoms with Crippen molar-refractivity contribution in [2.45, 2.75) is 13.0 Å². The monoisotopic (exact) mass is 338 g/mol. The van der Waals surface area contributed by atoms with Crippen LogP contribution in [0, 0.1) is 0 Å². The Kier molecular flexibility index (Phi) is 6.82. The highest BCUT2D eigenvalue weighted by atomic mass is 32.2. The highest BCUT2D eigenvalue weighted by molar-refractivity contribution is 7.99. The van der Waals surface area contributed by atoms with Gasteiger partial charge in [0.2, 0.25) is 0 Å². The van der Waals surface area contributed by atoms with E-state index in [4.69, 9.17) is 0 Å². The molecule has 24 heavy (non-hydrogen) atoms. The largest absolute Gasteiger partial charge is 0.385 e. The Morgan fingerprint density at radius 1 is 1.00 bits per heavy atom. The molecule has 1 fully saturated rings. The van der Waals surface area contributed by atoms with Crippen LogP contribution in [0.1, 0.15) is 17.5 Å². The van der Waals surface area contributed by atoms with Crippen LogP contribution >= 0.6 is 11.8 Å². The topological polar surface area (TPSA) is 15.3 Å². The Morgan fingerprint density at radius 2 is 1.83 bits per heavy atom. The molecule has 3 rings (SSSR count). The van der Waals surface area contributed by atoms with Crippen LogP contribution in [0.2, 0.25) is 0 Å². The van der Waals surface area contributed by atoms with Gasteiger partial charge in [0.25, 0.3) is 0 Å². The summed E-state index contributed by atoms with van der Waals surface area (Å²) < 4.78 is 0. The van der Waals surface area contributed by atoms with Crippen LogP contribution in [-0.2, 0) is 6.54 Å². The maximum atomic E-state index is 3.53. The first-order chi connectivity index (χ1) is 11.9. The number of nitrogens with zero attached hydrogens (tertiary/aromatic N) is 1. The fraction of sp³-hybridized carbons (Fsp3) is 0.333. The normalized spacial score (nSPS) is 15.7. The van der Waals surface area contributed by atoms with Crippen LogP contribution in [0.5, 0.6) is 0 Å². The highest BCUT2D eigenvalue weighted by Gasteiger charge is 2.10. The second kappa shape index (κ2) is 9.55. The average molecular weight is 339 g/mol. The van der Waals surface area contributed by atoms with Gasteiger partial charge in [-0.2, -0.15) is 11.8 Å². The maximum absolute atomic E-state index is 3.53. The Morgan fingerprint density at radius 3 is 2.67 bits per heavy atom. The van der Waals surface area contributed by atoms with Gasteiger partial charge in [0.05, 0.1) is 0 Å². The molecule has 2 aromatic carbocycles. The van der Waals surface area contributed by atoms with E-state index in [1.165, 1.54) is 41.4 Å². The minimum atomic E-state index is 0.965. The fourth-order valence-corrected chi connectivity index (χ4v) is 3.86. The minimum absolute atomic E-state index is 0.965. The lowest BCUT2D eigenvalue weighted by atomic mass is 10.1. The van der Waals surface area contributed by atoms with E-state index in [-0.39, 0.29) is 0 Å². The molecular formula is C21H26N2S. The van der Waals surface area contributed by atoms with Crippen molar-refractivity contribution in [3.63, 3.8) is 0 Å². The van der Waals surface area contributed by atoms with Gasteiger partial charge < -0.3 is 5.32 Å². The van der Waals surface area contributed by atoms with Crippen molar-refractivity contribution in [2.75, 3.05) is 36.5 Å². The van der Waals surface area contributed by atoms with E-state index in [1.54, 1.807) is 0 Å². The third kappa shape index (κ3) is 5.73. The lowest BCUT2D eigenvalue weighted by Crippen LogP contribution is -2.31. The molecule has 1 saturated heterocycles. The number of hydrogen-bond donors (Lipinski definition) is 1. The van der Waals surface area contributed by atoms with Crippen molar-refractivity contribution in [3.8, 4) is 0 Å². The molecular weight excluding hydrogens is 312 g/mol. The smallest absolute Gasteiger partial charge is 0.0343 e. The van der Waals surface area contributed by atoms with E-state index in [1.807, 2.05) is 0 Å². The zero-order valence-electron chi connectivity index (χ0n) is 14.2. The van der Waals surface area contributed by atoms with E-state index >= 15 is 0 Å². The molecule has 1 heterocycles. The SMILES string of the molecule is C(=C\c1ccccc1)/CCNc1cccc(CN2CCSCC2)c1. The second-order valence-electron chi connectivity index (χ2n) is 6.12. The van der Waals surface area contributed by atoms with Crippen molar-refractivity contribution in [3.05, 3.63) is 71.8 Å². The minimum Gasteiger partial charge on any atom is -0.385 e. The van der Waals surface area contributed by atoms with Crippen LogP contribution in [0.25, 0.3) is 6.08 Å². The molecule has 1 aliphatic heterocycles. The summed E-state index contributed by atoms with van der Waals surface area (Å²) in [5.74, 6) is 2.54. The zero-order valence-corrected chi connectivity index (χ0v) is 15.0. The van der Waals surface area contributed by atoms with Gasteiger partial charge in [-0.1, -0.05) is 54.6 Å². The van der Waals surface area contributed by atoms with Gasteiger partial charge in [-0.15, -0.1) is 0 Å². The Balaban J connectivity index is 1.43. The molecule has 2 aromatic rings. The third-order valence-electron chi connectivity index (χ3n) is 4.19. The summed E-state index contributed by atoms with van der Waals surface area (Å²) in [6.07, 6.45) is 5.45. The van der Waals surface area contributed by atoms with Crippen LogP contribution in [-0.4, -0.2) is 36.0 Å². The Hall–Kier alpha value is -1.71. The van der Waals surface area contributed by atoms with Crippen LogP contribution in [0.15, 0.2) is 60.7 Å². The standard InChI is InChI=1S/C21H26N2S/c1-2-7-19(8-3-1)9-4-5-12-22-21-11-6-10-20(17-21)18-23-13-15-24-16-14-23/h1-4,6-11,17,22H,5,12-16,18H2/b9-4+. The van der Waals surface area contributed by atoms with Gasteiger partial charge in [-0.05, 0) is 29.7 Å². The first kappa shape index (κ1) is 17.1. The third-order valence-corrected chi connectivity index (χ3v) is 5.13. The summed E-state index contributed by atoms with van der Waals surface area (Å²) in [7, 11) is 0. The fourth-order valence-electron chi connectivity index (χ4n) is 2.88. The molecule has 0 bridgehead atoms. The van der Waals surface area contributed by atoms with E-state index in [0.717, 1.165) is 19.5 Å². The molecule has 3 heteroatoms. The van der Waals surface area contributed by atoms with E-state index in [0.29, 0.717) is 0 Å². The summed E-state index contributed by atoms with van der Waals surface area (Å²) in [6, 6.07) is 19.3. The molecule has 0 saturated carbocycles. The molecule has 0 atom stereocenters. The van der Waals surface area contributed by atoms with E-state index in [9.17, 15) is 0 Å². The Bertz CT molecular complexity index is 633. The maximum Gasteiger partial charge on any atom is 0.0343 e. The highest BCUT2D eigenvalue weighted by Crippen LogP contribution is 2.16. The molecule has 0 radical (unpaired) electrons. The zero-order chi connectivity index (χ0) is 16.5. The van der Waals surface area contributed by atoms with Crippen molar-refractivity contribution in [1.82, 2.24) is 4.90 Å². The Labute approximate surface area is 150 Å². The molecule has 1 aliphatic rings. The van der Waals surface area contributed by atoms with E-state index in [2.05, 4.69) is 88.7 Å². The van der Waals surface area contributed by atoms with Crippen LogP contribution in [0.3, 0.4) is 0 Å². The van der Waals surface area contributed by atoms with E-state index < -0.39 is 0 Å². The van der Waals surface area contributed by atoms with Crippen molar-refractivity contribution >= 4 is 23.5 Å². The summed E-state index contributed by atoms with van der Waals surface area (Å²) >= 11 is 2.07. The predicted molar refractivity (Wildman–Crippen MR) is 108 cm³/mol. The number of nitrogens with one attached hydrogen (secondary N) is 1. The van der Waals surface area contributed by atoms with Gasteiger partial charge in [-0.25, -0.2) is 0 Å². The summed E-state index contributed by atoms with van der Waals surface area (Å²) in [5, 5.41) is 3.53. The lowest BCUT2D eigenvalue weighted by Gasteiger charge is -2.26. The van der Waals surface area contributed by atoms with Gasteiger partial charge in [0.1, 0.15) is 0 Å². The average Bonchev–Trinajstić information content (AvgIpc) is 2.63. The van der Waals surface area contributed by atoms with Crippen molar-refractivity contribution in [1.29, 1.82) is 0 Å². The number of hydrogen-bond acceptors (Lipinski definition) is 3. The molecule has 0 unspecified atom stereocenters. The number of rotatable bonds is 7. The quantitative estimate of drug-likeness (QED) is 0.733. The first-order valence-corrected chi connectivity index (χ1v) is 9.90. The molecule has 126 valence electrons. The molecule has 0 amide bonds. The second-order valence-corrected chi connectivity index (χ2v) is 7.34. The van der Waals surface area contributed by atoms with Crippen LogP contribution < -0.4 is 5.32 Å². The van der Waals surface area contributed by atoms with Gasteiger partial charge in [-0.3, -0.25) is 4.90 Å². The number of benzene rings is 2. The predicted octanol–water partition coefficient (Wildman–Crippen LogP) is 4.75. The van der Waals surface area contributed by atoms with Crippen molar-refractivity contribution in [2.24, 2.45) is 0 Å². The molecule has 0 aliphatic carbocycles. The van der Waals surface area contributed by atoms with Gasteiger partial charge in [0, 0.05) is 43.4 Å². The molecule has 2 nitrogen and oxygen atoms in total. The molecule has 0 spiro atoms. The molecule has 1 N–H and O–H groups in total. The van der Waals surface area contributed by atoms with Gasteiger partial charge in [0.15, 0.2) is 0 Å². The summed E-state index contributed by atoms with van der Waals surface area (Å²) in [4.78, 5) is 2.55. The number of thioether (sulfide) groups is 1. The summed E-state index contributed by atoms with van der Waals surface area (Å²) in [6.45, 7) is 4.47. The van der Waals surface area contributed by atoms with Crippen LogP contribution in [0.4, 0.5) is 5.69 Å². The lowest BCUT2D eigenvalue weighted by molar-refractivity contribution is 0.294.